The number of ether oxygens (including phenoxy) is 1. The number of benzene rings is 1. The van der Waals surface area contributed by atoms with E-state index < -0.39 is 0 Å². The van der Waals surface area contributed by atoms with Gasteiger partial charge in [-0.05, 0) is 31.5 Å². The molecule has 4 nitrogen and oxygen atoms in total. The maximum absolute atomic E-state index is 5.82. The van der Waals surface area contributed by atoms with E-state index in [0.29, 0.717) is 6.54 Å². The van der Waals surface area contributed by atoms with Crippen LogP contribution in [0.15, 0.2) is 36.7 Å². The Kier molecular flexibility index (Phi) is 3.99. The highest BCUT2D eigenvalue weighted by atomic mass is 16.5. The number of hydrogen-bond donors (Lipinski definition) is 2. The number of nitrogens with one attached hydrogen (secondary N) is 1. The fraction of sp³-hybridized carbons (Fsp3) is 0.357. The average molecular weight is 245 g/mol. The Balaban J connectivity index is 2.17. The van der Waals surface area contributed by atoms with Crippen LogP contribution < -0.4 is 10.5 Å². The zero-order valence-corrected chi connectivity index (χ0v) is 10.8. The molecule has 18 heavy (non-hydrogen) atoms. The summed E-state index contributed by atoms with van der Waals surface area (Å²) in [6, 6.07) is 8.03. The molecule has 0 saturated heterocycles. The number of nitrogens with zero attached hydrogens (tertiary/aromatic N) is 1. The lowest BCUT2D eigenvalue weighted by molar-refractivity contribution is 0.242. The number of nitrogens with two attached hydrogens (primary N) is 1. The lowest BCUT2D eigenvalue weighted by atomic mass is 9.98. The molecule has 0 aliphatic heterocycles. The van der Waals surface area contributed by atoms with E-state index in [1.54, 1.807) is 6.20 Å². The van der Waals surface area contributed by atoms with Crippen LogP contribution in [0.4, 0.5) is 0 Å². The standard InChI is InChI=1S/C14H19N3O/c1-10(2)18-12-5-3-11(4-6-12)13(9-15)14-16-7-8-17-14/h3-8,10,13H,9,15H2,1-2H3,(H,16,17). The molecule has 0 bridgehead atoms. The number of aromatic nitrogens is 2. The molecule has 2 rings (SSSR count). The van der Waals surface area contributed by atoms with E-state index in [1.165, 1.54) is 0 Å². The van der Waals surface area contributed by atoms with E-state index in [4.69, 9.17) is 10.5 Å². The van der Waals surface area contributed by atoms with Gasteiger partial charge in [0.1, 0.15) is 11.6 Å². The second-order valence-electron chi connectivity index (χ2n) is 4.50. The SMILES string of the molecule is CC(C)Oc1ccc(C(CN)c2ncc[nH]2)cc1. The van der Waals surface area contributed by atoms with Crippen LogP contribution in [0.1, 0.15) is 31.2 Å². The van der Waals surface area contributed by atoms with Crippen LogP contribution in [0.3, 0.4) is 0 Å². The van der Waals surface area contributed by atoms with Crippen molar-refractivity contribution in [3.05, 3.63) is 48.0 Å². The van der Waals surface area contributed by atoms with Gasteiger partial charge in [0, 0.05) is 18.9 Å². The van der Waals surface area contributed by atoms with Crippen LogP contribution in [0.5, 0.6) is 5.75 Å². The maximum Gasteiger partial charge on any atom is 0.119 e. The Labute approximate surface area is 107 Å². The fourth-order valence-corrected chi connectivity index (χ4v) is 1.92. The van der Waals surface area contributed by atoms with Crippen LogP contribution in [0, 0.1) is 0 Å². The normalized spacial score (nSPS) is 12.7. The van der Waals surface area contributed by atoms with Crippen molar-refractivity contribution in [1.29, 1.82) is 0 Å². The van der Waals surface area contributed by atoms with Gasteiger partial charge in [-0.25, -0.2) is 4.98 Å². The van der Waals surface area contributed by atoms with E-state index in [0.717, 1.165) is 17.1 Å². The molecule has 2 aromatic rings. The Morgan fingerprint density at radius 2 is 2.00 bits per heavy atom. The molecule has 1 heterocycles. The summed E-state index contributed by atoms with van der Waals surface area (Å²) >= 11 is 0. The van der Waals surface area contributed by atoms with Gasteiger partial charge in [0.05, 0.1) is 12.0 Å². The highest BCUT2D eigenvalue weighted by Crippen LogP contribution is 2.23. The predicted octanol–water partition coefficient (Wildman–Crippen LogP) is 2.29. The van der Waals surface area contributed by atoms with E-state index in [1.807, 2.05) is 44.3 Å². The highest BCUT2D eigenvalue weighted by molar-refractivity contribution is 5.32. The van der Waals surface area contributed by atoms with E-state index >= 15 is 0 Å². The van der Waals surface area contributed by atoms with Gasteiger partial charge in [-0.2, -0.15) is 0 Å². The Bertz CT molecular complexity index is 462. The predicted molar refractivity (Wildman–Crippen MR) is 71.7 cm³/mol. The largest absolute Gasteiger partial charge is 0.491 e. The minimum Gasteiger partial charge on any atom is -0.491 e. The smallest absolute Gasteiger partial charge is 0.119 e. The second kappa shape index (κ2) is 5.69. The van der Waals surface area contributed by atoms with Crippen molar-refractivity contribution in [1.82, 2.24) is 9.97 Å². The summed E-state index contributed by atoms with van der Waals surface area (Å²) in [5.41, 5.74) is 6.97. The van der Waals surface area contributed by atoms with Gasteiger partial charge in [0.15, 0.2) is 0 Å². The van der Waals surface area contributed by atoms with Crippen molar-refractivity contribution in [2.45, 2.75) is 25.9 Å². The van der Waals surface area contributed by atoms with E-state index in [9.17, 15) is 0 Å². The van der Waals surface area contributed by atoms with Gasteiger partial charge in [-0.1, -0.05) is 12.1 Å². The van der Waals surface area contributed by atoms with Gasteiger partial charge in [0.2, 0.25) is 0 Å². The Morgan fingerprint density at radius 3 is 2.50 bits per heavy atom. The van der Waals surface area contributed by atoms with Gasteiger partial charge in [-0.3, -0.25) is 0 Å². The van der Waals surface area contributed by atoms with Crippen LogP contribution in [0.2, 0.25) is 0 Å². The van der Waals surface area contributed by atoms with Gasteiger partial charge >= 0.3 is 0 Å². The average Bonchev–Trinajstić information content (AvgIpc) is 2.85. The number of rotatable bonds is 5. The zero-order chi connectivity index (χ0) is 13.0. The topological polar surface area (TPSA) is 63.9 Å². The molecule has 0 fully saturated rings. The molecule has 4 heteroatoms. The second-order valence-corrected chi connectivity index (χ2v) is 4.50. The number of H-pyrrole nitrogens is 1. The molecule has 1 unspecified atom stereocenters. The summed E-state index contributed by atoms with van der Waals surface area (Å²) < 4.78 is 5.62. The van der Waals surface area contributed by atoms with E-state index in [-0.39, 0.29) is 12.0 Å². The third kappa shape index (κ3) is 2.90. The number of imidazole rings is 1. The van der Waals surface area contributed by atoms with Crippen molar-refractivity contribution in [2.24, 2.45) is 5.73 Å². The first kappa shape index (κ1) is 12.6. The lowest BCUT2D eigenvalue weighted by Crippen LogP contribution is -2.15. The Morgan fingerprint density at radius 1 is 1.28 bits per heavy atom. The van der Waals surface area contributed by atoms with Crippen LogP contribution in [-0.2, 0) is 0 Å². The van der Waals surface area contributed by atoms with Crippen LogP contribution >= 0.6 is 0 Å². The number of hydrogen-bond acceptors (Lipinski definition) is 3. The molecule has 1 atom stereocenters. The lowest BCUT2D eigenvalue weighted by Gasteiger charge is -2.14. The Hall–Kier alpha value is -1.81. The van der Waals surface area contributed by atoms with E-state index in [2.05, 4.69) is 9.97 Å². The molecule has 0 amide bonds. The molecule has 0 saturated carbocycles. The van der Waals surface area contributed by atoms with Crippen LogP contribution in [-0.4, -0.2) is 22.6 Å². The summed E-state index contributed by atoms with van der Waals surface area (Å²) in [4.78, 5) is 7.38. The summed E-state index contributed by atoms with van der Waals surface area (Å²) in [6.07, 6.45) is 3.74. The van der Waals surface area contributed by atoms with Crippen molar-refractivity contribution in [3.8, 4) is 5.75 Å². The third-order valence-electron chi connectivity index (χ3n) is 2.74. The molecule has 3 N–H and O–H groups in total. The molecule has 1 aromatic carbocycles. The third-order valence-corrected chi connectivity index (χ3v) is 2.74. The minimum atomic E-state index is 0.105. The summed E-state index contributed by atoms with van der Waals surface area (Å²) in [6.45, 7) is 4.55. The fourth-order valence-electron chi connectivity index (χ4n) is 1.92. The van der Waals surface area contributed by atoms with Crippen molar-refractivity contribution >= 4 is 0 Å². The van der Waals surface area contributed by atoms with Gasteiger partial charge < -0.3 is 15.5 Å². The highest BCUT2D eigenvalue weighted by Gasteiger charge is 2.14. The monoisotopic (exact) mass is 245 g/mol. The first-order valence-corrected chi connectivity index (χ1v) is 6.16. The van der Waals surface area contributed by atoms with Crippen LogP contribution in [0.25, 0.3) is 0 Å². The summed E-state index contributed by atoms with van der Waals surface area (Å²) in [5, 5.41) is 0. The van der Waals surface area contributed by atoms with Crippen molar-refractivity contribution in [3.63, 3.8) is 0 Å². The molecular formula is C14H19N3O. The first-order valence-electron chi connectivity index (χ1n) is 6.16. The summed E-state index contributed by atoms with van der Waals surface area (Å²) in [7, 11) is 0. The van der Waals surface area contributed by atoms with Crippen molar-refractivity contribution in [2.75, 3.05) is 6.54 Å². The minimum absolute atomic E-state index is 0.105. The molecule has 0 spiro atoms. The van der Waals surface area contributed by atoms with Gasteiger partial charge in [-0.15, -0.1) is 0 Å². The first-order chi connectivity index (χ1) is 8.70. The van der Waals surface area contributed by atoms with Crippen molar-refractivity contribution < 1.29 is 4.74 Å². The molecule has 0 aliphatic carbocycles. The molecule has 0 aliphatic rings. The molecule has 1 aromatic heterocycles. The number of aromatic amines is 1. The molecule has 96 valence electrons. The summed E-state index contributed by atoms with van der Waals surface area (Å²) in [5.74, 6) is 1.88. The van der Waals surface area contributed by atoms with Gasteiger partial charge in [0.25, 0.3) is 0 Å². The maximum atomic E-state index is 5.82. The molecule has 0 radical (unpaired) electrons. The quantitative estimate of drug-likeness (QED) is 0.849. The molecular weight excluding hydrogens is 226 g/mol. The zero-order valence-electron chi connectivity index (χ0n) is 10.8.